The number of halogens is 1. The van der Waals surface area contributed by atoms with E-state index in [0.29, 0.717) is 17.0 Å². The summed E-state index contributed by atoms with van der Waals surface area (Å²) in [5.41, 5.74) is 3.18. The molecule has 2 aromatic heterocycles. The van der Waals surface area contributed by atoms with E-state index in [2.05, 4.69) is 21.2 Å². The van der Waals surface area contributed by atoms with Crippen molar-refractivity contribution in [3.05, 3.63) is 68.7 Å². The van der Waals surface area contributed by atoms with E-state index in [9.17, 15) is 9.59 Å². The summed E-state index contributed by atoms with van der Waals surface area (Å²) in [5.74, 6) is -0.224. The minimum absolute atomic E-state index is 0.0770. The zero-order chi connectivity index (χ0) is 17.4. The molecule has 0 fully saturated rings. The second-order valence-electron chi connectivity index (χ2n) is 5.61. The number of nitrogens with one attached hydrogen (secondary N) is 1. The van der Waals surface area contributed by atoms with E-state index in [0.717, 1.165) is 27.8 Å². The first-order valence-corrected chi connectivity index (χ1v) is 9.32. The van der Waals surface area contributed by atoms with Gasteiger partial charge in [-0.2, -0.15) is 0 Å². The summed E-state index contributed by atoms with van der Waals surface area (Å²) in [6.07, 6.45) is 3.70. The lowest BCUT2D eigenvalue weighted by Crippen LogP contribution is -2.28. The maximum absolute atomic E-state index is 12.5. The van der Waals surface area contributed by atoms with Gasteiger partial charge in [0.05, 0.1) is 11.8 Å². The molecule has 2 amide bonds. The van der Waals surface area contributed by atoms with Gasteiger partial charge in [-0.05, 0) is 63.6 Å². The number of thiophene rings is 1. The fraction of sp³-hybridized carbons (Fsp3) is 0.111. The van der Waals surface area contributed by atoms with E-state index in [4.69, 9.17) is 4.42 Å². The van der Waals surface area contributed by atoms with Crippen molar-refractivity contribution in [1.29, 1.82) is 0 Å². The molecule has 0 saturated heterocycles. The maximum atomic E-state index is 12.5. The van der Waals surface area contributed by atoms with Gasteiger partial charge < -0.3 is 14.6 Å². The van der Waals surface area contributed by atoms with Crippen LogP contribution in [0.5, 0.6) is 0 Å². The van der Waals surface area contributed by atoms with E-state index < -0.39 is 0 Å². The van der Waals surface area contributed by atoms with Crippen LogP contribution in [0.4, 0.5) is 11.4 Å². The van der Waals surface area contributed by atoms with Crippen LogP contribution in [0.25, 0.3) is 0 Å². The molecule has 0 unspecified atom stereocenters. The fourth-order valence-corrected chi connectivity index (χ4v) is 4.32. The molecule has 0 bridgehead atoms. The van der Waals surface area contributed by atoms with Crippen LogP contribution in [0.2, 0.25) is 0 Å². The molecule has 3 heterocycles. The predicted molar refractivity (Wildman–Crippen MR) is 101 cm³/mol. The van der Waals surface area contributed by atoms with Crippen LogP contribution >= 0.6 is 27.3 Å². The predicted octanol–water partition coefficient (Wildman–Crippen LogP) is 4.56. The van der Waals surface area contributed by atoms with Crippen molar-refractivity contribution in [2.45, 2.75) is 6.42 Å². The van der Waals surface area contributed by atoms with Crippen molar-refractivity contribution < 1.29 is 14.0 Å². The highest BCUT2D eigenvalue weighted by atomic mass is 79.9. The Bertz CT molecular complexity index is 949. The molecule has 25 heavy (non-hydrogen) atoms. The molecule has 7 heteroatoms. The number of hydrogen-bond acceptors (Lipinski definition) is 4. The van der Waals surface area contributed by atoms with Gasteiger partial charge in [0.15, 0.2) is 0 Å². The van der Waals surface area contributed by atoms with Crippen molar-refractivity contribution in [3.8, 4) is 0 Å². The first-order valence-electron chi connectivity index (χ1n) is 7.65. The van der Waals surface area contributed by atoms with Gasteiger partial charge in [-0.3, -0.25) is 9.59 Å². The summed E-state index contributed by atoms with van der Waals surface area (Å²) in [7, 11) is 0. The lowest BCUT2D eigenvalue weighted by Gasteiger charge is -2.16. The number of nitrogens with zero attached hydrogens (tertiary/aromatic N) is 1. The zero-order valence-corrected chi connectivity index (χ0v) is 15.4. The van der Waals surface area contributed by atoms with E-state index in [-0.39, 0.29) is 11.8 Å². The van der Waals surface area contributed by atoms with Gasteiger partial charge in [0.1, 0.15) is 11.1 Å². The van der Waals surface area contributed by atoms with E-state index in [1.807, 2.05) is 29.6 Å². The van der Waals surface area contributed by atoms with E-state index in [1.165, 1.54) is 23.9 Å². The third kappa shape index (κ3) is 3.01. The summed E-state index contributed by atoms with van der Waals surface area (Å²) in [6.45, 7) is 0.618. The molecular weight excluding hydrogens is 404 g/mol. The van der Waals surface area contributed by atoms with Gasteiger partial charge in [0, 0.05) is 22.4 Å². The van der Waals surface area contributed by atoms with Crippen LogP contribution in [0.3, 0.4) is 0 Å². The van der Waals surface area contributed by atoms with Gasteiger partial charge in [0.2, 0.25) is 0 Å². The maximum Gasteiger partial charge on any atom is 0.266 e. The molecule has 1 N–H and O–H groups in total. The average Bonchev–Trinajstić information content (AvgIpc) is 3.34. The Morgan fingerprint density at radius 1 is 1.24 bits per heavy atom. The summed E-state index contributed by atoms with van der Waals surface area (Å²) in [5, 5.41) is 4.77. The Morgan fingerprint density at radius 2 is 2.12 bits per heavy atom. The number of fused-ring (bicyclic) bond motifs is 1. The zero-order valence-electron chi connectivity index (χ0n) is 13.0. The van der Waals surface area contributed by atoms with Gasteiger partial charge in [-0.25, -0.2) is 0 Å². The highest BCUT2D eigenvalue weighted by Gasteiger charge is 2.26. The molecular formula is C18H13BrN2O3S. The number of carbonyl (C=O) groups is 2. The molecule has 5 nitrogen and oxygen atoms in total. The largest absolute Gasteiger partial charge is 0.472 e. The third-order valence-electron chi connectivity index (χ3n) is 4.07. The molecule has 4 rings (SSSR count). The lowest BCUT2D eigenvalue weighted by atomic mass is 10.1. The Kier molecular flexibility index (Phi) is 4.19. The number of hydrogen-bond donors (Lipinski definition) is 1. The number of rotatable bonds is 3. The van der Waals surface area contributed by atoms with Crippen LogP contribution in [-0.4, -0.2) is 18.4 Å². The van der Waals surface area contributed by atoms with Gasteiger partial charge in [-0.15, -0.1) is 11.3 Å². The molecule has 0 radical (unpaired) electrons. The molecule has 0 aliphatic carbocycles. The molecule has 0 saturated carbocycles. The normalized spacial score (nSPS) is 12.9. The van der Waals surface area contributed by atoms with Gasteiger partial charge in [-0.1, -0.05) is 0 Å². The van der Waals surface area contributed by atoms with Crippen molar-refractivity contribution in [3.63, 3.8) is 0 Å². The number of benzene rings is 1. The summed E-state index contributed by atoms with van der Waals surface area (Å²) < 4.78 is 5.78. The fourth-order valence-electron chi connectivity index (χ4n) is 2.88. The monoisotopic (exact) mass is 416 g/mol. The molecule has 0 atom stereocenters. The molecule has 1 aliphatic heterocycles. The smallest absolute Gasteiger partial charge is 0.266 e. The summed E-state index contributed by atoms with van der Waals surface area (Å²) >= 11 is 4.75. The molecule has 1 aliphatic rings. The van der Waals surface area contributed by atoms with Crippen molar-refractivity contribution >= 4 is 50.5 Å². The van der Waals surface area contributed by atoms with Crippen molar-refractivity contribution in [1.82, 2.24) is 0 Å². The Morgan fingerprint density at radius 3 is 2.84 bits per heavy atom. The number of amides is 2. The van der Waals surface area contributed by atoms with E-state index >= 15 is 0 Å². The number of carbonyl (C=O) groups excluding carboxylic acids is 2. The highest BCUT2D eigenvalue weighted by molar-refractivity contribution is 9.10. The van der Waals surface area contributed by atoms with Gasteiger partial charge in [0.25, 0.3) is 11.8 Å². The minimum Gasteiger partial charge on any atom is -0.472 e. The Labute approximate surface area is 156 Å². The topological polar surface area (TPSA) is 62.6 Å². The highest BCUT2D eigenvalue weighted by Crippen LogP contribution is 2.32. The third-order valence-corrected chi connectivity index (χ3v) is 5.91. The Hall–Kier alpha value is -2.38. The standard InChI is InChI=1S/C18H13BrN2O3S/c19-14-5-8-25-16(14)17(22)20-13-1-2-15-11(9-13)3-6-21(15)18(23)12-4-7-24-10-12/h1-2,4-5,7-10H,3,6H2,(H,20,22). The second kappa shape index (κ2) is 6.50. The van der Waals surface area contributed by atoms with Crippen LogP contribution < -0.4 is 10.2 Å². The lowest BCUT2D eigenvalue weighted by molar-refractivity contribution is 0.0987. The van der Waals surface area contributed by atoms with Gasteiger partial charge >= 0.3 is 0 Å². The quantitative estimate of drug-likeness (QED) is 0.680. The summed E-state index contributed by atoms with van der Waals surface area (Å²) in [6, 6.07) is 9.13. The van der Waals surface area contributed by atoms with Crippen LogP contribution in [-0.2, 0) is 6.42 Å². The van der Waals surface area contributed by atoms with Crippen LogP contribution in [0.15, 0.2) is 57.1 Å². The molecule has 0 spiro atoms. The first kappa shape index (κ1) is 16.1. The first-order chi connectivity index (χ1) is 12.1. The SMILES string of the molecule is O=C(Nc1ccc2c(c1)CCN2C(=O)c1ccoc1)c1sccc1Br. The van der Waals surface area contributed by atoms with Crippen LogP contribution in [0.1, 0.15) is 25.6 Å². The van der Waals surface area contributed by atoms with Crippen LogP contribution in [0, 0.1) is 0 Å². The summed E-state index contributed by atoms with van der Waals surface area (Å²) in [4.78, 5) is 27.2. The van der Waals surface area contributed by atoms with E-state index in [1.54, 1.807) is 11.0 Å². The number of anilines is 2. The molecule has 3 aromatic rings. The minimum atomic E-state index is -0.147. The Balaban J connectivity index is 1.54. The van der Waals surface area contributed by atoms with Crippen molar-refractivity contribution in [2.75, 3.05) is 16.8 Å². The van der Waals surface area contributed by atoms with Crippen molar-refractivity contribution in [2.24, 2.45) is 0 Å². The average molecular weight is 417 g/mol. The molecule has 126 valence electrons. The number of furan rings is 1. The molecule has 1 aromatic carbocycles. The second-order valence-corrected chi connectivity index (χ2v) is 7.38.